The van der Waals surface area contributed by atoms with E-state index in [4.69, 9.17) is 0 Å². The van der Waals surface area contributed by atoms with E-state index >= 15 is 0 Å². The van der Waals surface area contributed by atoms with Crippen molar-refractivity contribution in [3.8, 4) is 0 Å². The lowest BCUT2D eigenvalue weighted by atomic mass is 9.83. The number of hydrogen-bond acceptors (Lipinski definition) is 3. The molecule has 0 spiro atoms. The first-order valence-corrected chi connectivity index (χ1v) is 8.56. The van der Waals surface area contributed by atoms with E-state index in [1.54, 1.807) is 6.20 Å². The summed E-state index contributed by atoms with van der Waals surface area (Å²) >= 11 is 0. The number of likely N-dealkylation sites (tertiary alicyclic amines) is 1. The number of hydrogen-bond donors (Lipinski definition) is 1. The SMILES string of the molecule is OC1(c2cccc3cnccc23)CCCN(Cc2ccccc2)C1. The van der Waals surface area contributed by atoms with E-state index in [-0.39, 0.29) is 0 Å². The lowest BCUT2D eigenvalue weighted by Gasteiger charge is -2.40. The second kappa shape index (κ2) is 6.34. The zero-order chi connectivity index (χ0) is 16.4. The highest BCUT2D eigenvalue weighted by Crippen LogP contribution is 2.36. The first-order valence-electron chi connectivity index (χ1n) is 8.56. The largest absolute Gasteiger partial charge is 0.384 e. The zero-order valence-electron chi connectivity index (χ0n) is 13.7. The van der Waals surface area contributed by atoms with Crippen LogP contribution in [0.25, 0.3) is 10.8 Å². The van der Waals surface area contributed by atoms with Crippen LogP contribution in [0.15, 0.2) is 67.0 Å². The molecule has 1 atom stereocenters. The van der Waals surface area contributed by atoms with Gasteiger partial charge in [0, 0.05) is 30.9 Å². The average Bonchev–Trinajstić information content (AvgIpc) is 2.62. The smallest absolute Gasteiger partial charge is 0.103 e. The van der Waals surface area contributed by atoms with E-state index in [0.717, 1.165) is 42.3 Å². The fourth-order valence-corrected chi connectivity index (χ4v) is 3.85. The number of benzene rings is 2. The van der Waals surface area contributed by atoms with Crippen LogP contribution >= 0.6 is 0 Å². The van der Waals surface area contributed by atoms with Gasteiger partial charge in [0.1, 0.15) is 5.60 Å². The van der Waals surface area contributed by atoms with Crippen molar-refractivity contribution in [2.75, 3.05) is 13.1 Å². The molecule has 1 aromatic heterocycles. The molecule has 3 heteroatoms. The number of rotatable bonds is 3. The van der Waals surface area contributed by atoms with Gasteiger partial charge in [0.25, 0.3) is 0 Å². The molecule has 0 amide bonds. The van der Waals surface area contributed by atoms with Crippen molar-refractivity contribution in [3.63, 3.8) is 0 Å². The number of fused-ring (bicyclic) bond motifs is 1. The van der Waals surface area contributed by atoms with E-state index in [0.29, 0.717) is 6.54 Å². The van der Waals surface area contributed by atoms with Crippen molar-refractivity contribution in [2.45, 2.75) is 25.0 Å². The Kier molecular flexibility index (Phi) is 4.05. The summed E-state index contributed by atoms with van der Waals surface area (Å²) in [5, 5.41) is 13.6. The number of pyridine rings is 1. The van der Waals surface area contributed by atoms with Gasteiger partial charge in [0.05, 0.1) is 0 Å². The molecule has 3 nitrogen and oxygen atoms in total. The van der Waals surface area contributed by atoms with E-state index in [1.807, 2.05) is 24.4 Å². The van der Waals surface area contributed by atoms with Crippen molar-refractivity contribution in [1.29, 1.82) is 0 Å². The predicted octanol–water partition coefficient (Wildman–Crippen LogP) is 3.72. The molecule has 0 saturated carbocycles. The van der Waals surface area contributed by atoms with Crippen LogP contribution in [0.4, 0.5) is 0 Å². The molecular weight excluding hydrogens is 296 g/mol. The summed E-state index contributed by atoms with van der Waals surface area (Å²) in [6, 6.07) is 18.6. The lowest BCUT2D eigenvalue weighted by molar-refractivity contribution is -0.0370. The number of aromatic nitrogens is 1. The Labute approximate surface area is 142 Å². The summed E-state index contributed by atoms with van der Waals surface area (Å²) in [7, 11) is 0. The molecule has 0 bridgehead atoms. The molecule has 1 unspecified atom stereocenters. The fraction of sp³-hybridized carbons (Fsp3) is 0.286. The number of piperidine rings is 1. The van der Waals surface area contributed by atoms with Crippen LogP contribution in [0.5, 0.6) is 0 Å². The molecule has 24 heavy (non-hydrogen) atoms. The summed E-state index contributed by atoms with van der Waals surface area (Å²) in [6.45, 7) is 2.59. The van der Waals surface area contributed by atoms with E-state index in [1.165, 1.54) is 5.56 Å². The molecular formula is C21H22N2O. The Morgan fingerprint density at radius 3 is 2.79 bits per heavy atom. The molecule has 1 N–H and O–H groups in total. The van der Waals surface area contributed by atoms with Crippen molar-refractivity contribution in [1.82, 2.24) is 9.88 Å². The van der Waals surface area contributed by atoms with Gasteiger partial charge >= 0.3 is 0 Å². The fourth-order valence-electron chi connectivity index (χ4n) is 3.85. The first kappa shape index (κ1) is 15.3. The number of aliphatic hydroxyl groups is 1. The van der Waals surface area contributed by atoms with Crippen molar-refractivity contribution >= 4 is 10.8 Å². The van der Waals surface area contributed by atoms with Gasteiger partial charge in [-0.05, 0) is 42.0 Å². The predicted molar refractivity (Wildman–Crippen MR) is 96.6 cm³/mol. The number of β-amino-alcohol motifs (C(OH)–C–C–N with tert-alkyl or cyclic N) is 1. The van der Waals surface area contributed by atoms with Gasteiger partial charge in [-0.2, -0.15) is 0 Å². The molecule has 3 aromatic rings. The first-order chi connectivity index (χ1) is 11.7. The molecule has 2 aromatic carbocycles. The summed E-state index contributed by atoms with van der Waals surface area (Å²) < 4.78 is 0. The molecule has 1 aliphatic heterocycles. The highest BCUT2D eigenvalue weighted by Gasteiger charge is 2.35. The average molecular weight is 318 g/mol. The summed E-state index contributed by atoms with van der Waals surface area (Å²) in [5.41, 5.74) is 1.53. The lowest BCUT2D eigenvalue weighted by Crippen LogP contribution is -2.45. The highest BCUT2D eigenvalue weighted by molar-refractivity contribution is 5.85. The van der Waals surface area contributed by atoms with Crippen LogP contribution in [-0.4, -0.2) is 28.1 Å². The van der Waals surface area contributed by atoms with E-state index in [9.17, 15) is 5.11 Å². The number of nitrogens with zero attached hydrogens (tertiary/aromatic N) is 2. The summed E-state index contributed by atoms with van der Waals surface area (Å²) in [5.74, 6) is 0. The van der Waals surface area contributed by atoms with Gasteiger partial charge in [-0.15, -0.1) is 0 Å². The molecule has 1 fully saturated rings. The maximum atomic E-state index is 11.4. The third-order valence-electron chi connectivity index (χ3n) is 4.98. The van der Waals surface area contributed by atoms with Crippen molar-refractivity contribution in [2.24, 2.45) is 0 Å². The molecule has 122 valence electrons. The van der Waals surface area contributed by atoms with Gasteiger partial charge in [-0.3, -0.25) is 9.88 Å². The van der Waals surface area contributed by atoms with Crippen LogP contribution in [-0.2, 0) is 12.1 Å². The Bertz CT molecular complexity index is 828. The van der Waals surface area contributed by atoms with E-state index < -0.39 is 5.60 Å². The Morgan fingerprint density at radius 2 is 1.92 bits per heavy atom. The Morgan fingerprint density at radius 1 is 1.04 bits per heavy atom. The van der Waals surface area contributed by atoms with Crippen LogP contribution < -0.4 is 0 Å². The molecule has 2 heterocycles. The highest BCUT2D eigenvalue weighted by atomic mass is 16.3. The van der Waals surface area contributed by atoms with Crippen LogP contribution in [0.1, 0.15) is 24.0 Å². The van der Waals surface area contributed by atoms with Gasteiger partial charge in [0.15, 0.2) is 0 Å². The van der Waals surface area contributed by atoms with Crippen molar-refractivity contribution in [3.05, 3.63) is 78.1 Å². The van der Waals surface area contributed by atoms with Gasteiger partial charge in [0.2, 0.25) is 0 Å². The molecule has 0 aliphatic carbocycles. The minimum atomic E-state index is -0.798. The van der Waals surface area contributed by atoms with Gasteiger partial charge in [-0.25, -0.2) is 0 Å². The quantitative estimate of drug-likeness (QED) is 0.799. The normalized spacial score (nSPS) is 21.9. The maximum absolute atomic E-state index is 11.4. The third kappa shape index (κ3) is 2.93. The monoisotopic (exact) mass is 318 g/mol. The second-order valence-electron chi connectivity index (χ2n) is 6.73. The third-order valence-corrected chi connectivity index (χ3v) is 4.98. The van der Waals surface area contributed by atoms with Crippen LogP contribution in [0.2, 0.25) is 0 Å². The van der Waals surface area contributed by atoms with E-state index in [2.05, 4.69) is 46.3 Å². The van der Waals surface area contributed by atoms with Gasteiger partial charge in [-0.1, -0.05) is 48.5 Å². The Hall–Kier alpha value is -2.23. The molecule has 1 aliphatic rings. The minimum Gasteiger partial charge on any atom is -0.384 e. The minimum absolute atomic E-state index is 0.670. The molecule has 0 radical (unpaired) electrons. The van der Waals surface area contributed by atoms with Crippen LogP contribution in [0.3, 0.4) is 0 Å². The van der Waals surface area contributed by atoms with Crippen molar-refractivity contribution < 1.29 is 5.11 Å². The summed E-state index contributed by atoms with van der Waals surface area (Å²) in [6.07, 6.45) is 5.48. The zero-order valence-corrected chi connectivity index (χ0v) is 13.7. The van der Waals surface area contributed by atoms with Crippen LogP contribution in [0, 0.1) is 0 Å². The topological polar surface area (TPSA) is 36.4 Å². The standard InChI is InChI=1S/C21H22N2O/c24-21(20-9-4-8-18-14-22-12-10-19(18)20)11-5-13-23(16-21)15-17-6-2-1-3-7-17/h1-4,6-10,12,14,24H,5,11,13,15-16H2. The molecule has 1 saturated heterocycles. The second-order valence-corrected chi connectivity index (χ2v) is 6.73. The molecule has 4 rings (SSSR count). The van der Waals surface area contributed by atoms with Gasteiger partial charge < -0.3 is 5.11 Å². The maximum Gasteiger partial charge on any atom is 0.103 e. The summed E-state index contributed by atoms with van der Waals surface area (Å²) in [4.78, 5) is 6.56. The Balaban J connectivity index is 1.64.